The highest BCUT2D eigenvalue weighted by atomic mass is 19.1. The van der Waals surface area contributed by atoms with Crippen LogP contribution in [0.1, 0.15) is 31.4 Å². The normalized spacial score (nSPS) is 22.4. The number of hydrogen-bond acceptors (Lipinski definition) is 2. The second-order valence-electron chi connectivity index (χ2n) is 4.89. The summed E-state index contributed by atoms with van der Waals surface area (Å²) in [5.41, 5.74) is 1.15. The number of hydrogen-bond donors (Lipinski definition) is 2. The lowest BCUT2D eigenvalue weighted by Crippen LogP contribution is -2.36. The van der Waals surface area contributed by atoms with E-state index in [1.54, 1.807) is 0 Å². The first-order valence-electron chi connectivity index (χ1n) is 6.45. The van der Waals surface area contributed by atoms with Crippen molar-refractivity contribution in [2.24, 2.45) is 5.92 Å². The van der Waals surface area contributed by atoms with Crippen LogP contribution >= 0.6 is 0 Å². The molecule has 0 aromatic heterocycles. The summed E-state index contributed by atoms with van der Waals surface area (Å²) >= 11 is 0. The minimum Gasteiger partial charge on any atom is -0.316 e. The van der Waals surface area contributed by atoms with Crippen LogP contribution in [0.5, 0.6) is 0 Å². The lowest BCUT2D eigenvalue weighted by molar-refractivity contribution is 0.348. The molecule has 1 aliphatic rings. The van der Waals surface area contributed by atoms with E-state index in [0.717, 1.165) is 31.1 Å². The van der Waals surface area contributed by atoms with E-state index in [2.05, 4.69) is 17.6 Å². The van der Waals surface area contributed by atoms with Crippen molar-refractivity contribution in [2.45, 2.75) is 25.8 Å². The molecule has 0 radical (unpaired) electrons. The average Bonchev–Trinajstić information content (AvgIpc) is 2.38. The lowest BCUT2D eigenvalue weighted by Gasteiger charge is -2.25. The number of rotatable bonds is 4. The van der Waals surface area contributed by atoms with Gasteiger partial charge in [-0.15, -0.1) is 0 Å². The Morgan fingerprint density at radius 3 is 2.82 bits per heavy atom. The fourth-order valence-corrected chi connectivity index (χ4v) is 2.31. The van der Waals surface area contributed by atoms with Gasteiger partial charge in [-0.2, -0.15) is 0 Å². The molecule has 2 nitrogen and oxygen atoms in total. The van der Waals surface area contributed by atoms with Crippen LogP contribution in [0.25, 0.3) is 0 Å². The number of nitrogens with one attached hydrogen (secondary N) is 2. The fourth-order valence-electron chi connectivity index (χ4n) is 2.31. The smallest absolute Gasteiger partial charge is 0.123 e. The van der Waals surface area contributed by atoms with E-state index in [9.17, 15) is 4.39 Å². The fraction of sp³-hybridized carbons (Fsp3) is 0.571. The molecule has 17 heavy (non-hydrogen) atoms. The zero-order chi connectivity index (χ0) is 12.1. The molecule has 3 heteroatoms. The van der Waals surface area contributed by atoms with Crippen LogP contribution in [0.3, 0.4) is 0 Å². The summed E-state index contributed by atoms with van der Waals surface area (Å²) in [6, 6.07) is 7.04. The summed E-state index contributed by atoms with van der Waals surface area (Å²) < 4.78 is 12.8. The third-order valence-electron chi connectivity index (χ3n) is 3.48. The predicted octanol–water partition coefficient (Wildman–Crippen LogP) is 2.48. The molecular formula is C14H21FN2. The monoisotopic (exact) mass is 236 g/mol. The Labute approximate surface area is 103 Å². The molecule has 1 fully saturated rings. The highest BCUT2D eigenvalue weighted by molar-refractivity contribution is 5.19. The van der Waals surface area contributed by atoms with Crippen LogP contribution in [-0.2, 0) is 0 Å². The Morgan fingerprint density at radius 1 is 1.41 bits per heavy atom. The summed E-state index contributed by atoms with van der Waals surface area (Å²) in [7, 11) is 0. The molecule has 94 valence electrons. The molecule has 1 aromatic rings. The van der Waals surface area contributed by atoms with E-state index < -0.39 is 0 Å². The van der Waals surface area contributed by atoms with Crippen molar-refractivity contribution >= 4 is 0 Å². The van der Waals surface area contributed by atoms with Gasteiger partial charge < -0.3 is 10.6 Å². The van der Waals surface area contributed by atoms with Gasteiger partial charge in [0.2, 0.25) is 0 Å². The minimum absolute atomic E-state index is 0.169. The van der Waals surface area contributed by atoms with Crippen molar-refractivity contribution in [2.75, 3.05) is 19.6 Å². The van der Waals surface area contributed by atoms with Gasteiger partial charge in [-0.05, 0) is 63.0 Å². The van der Waals surface area contributed by atoms with Gasteiger partial charge in [0.1, 0.15) is 5.82 Å². The van der Waals surface area contributed by atoms with E-state index in [-0.39, 0.29) is 11.9 Å². The molecule has 0 bridgehead atoms. The predicted molar refractivity (Wildman–Crippen MR) is 68.4 cm³/mol. The molecular weight excluding hydrogens is 215 g/mol. The summed E-state index contributed by atoms with van der Waals surface area (Å²) in [4.78, 5) is 0. The molecule has 0 spiro atoms. The van der Waals surface area contributed by atoms with Crippen molar-refractivity contribution in [1.82, 2.24) is 10.6 Å². The number of piperidine rings is 1. The Kier molecular flexibility index (Phi) is 4.51. The Morgan fingerprint density at radius 2 is 2.18 bits per heavy atom. The molecule has 0 unspecified atom stereocenters. The highest BCUT2D eigenvalue weighted by Gasteiger charge is 2.14. The maximum absolute atomic E-state index is 12.8. The van der Waals surface area contributed by atoms with Crippen molar-refractivity contribution in [3.63, 3.8) is 0 Å². The molecule has 0 saturated carbocycles. The van der Waals surface area contributed by atoms with Crippen molar-refractivity contribution in [3.8, 4) is 0 Å². The summed E-state index contributed by atoms with van der Waals surface area (Å²) in [5.74, 6) is 0.559. The first-order valence-corrected chi connectivity index (χ1v) is 6.45. The van der Waals surface area contributed by atoms with Gasteiger partial charge in [-0.25, -0.2) is 4.39 Å². The average molecular weight is 236 g/mol. The van der Waals surface area contributed by atoms with Crippen LogP contribution in [0.2, 0.25) is 0 Å². The molecule has 2 rings (SSSR count). The largest absolute Gasteiger partial charge is 0.316 e. The number of benzene rings is 1. The molecule has 1 heterocycles. The van der Waals surface area contributed by atoms with Crippen molar-refractivity contribution < 1.29 is 4.39 Å². The minimum atomic E-state index is -0.169. The Bertz CT molecular complexity index is 331. The third kappa shape index (κ3) is 3.79. The van der Waals surface area contributed by atoms with E-state index >= 15 is 0 Å². The maximum atomic E-state index is 12.8. The van der Waals surface area contributed by atoms with E-state index in [0.29, 0.717) is 0 Å². The molecule has 2 atom stereocenters. The van der Waals surface area contributed by atoms with Crippen LogP contribution in [0, 0.1) is 11.7 Å². The van der Waals surface area contributed by atoms with Crippen molar-refractivity contribution in [3.05, 3.63) is 35.6 Å². The second kappa shape index (κ2) is 6.12. The topological polar surface area (TPSA) is 24.1 Å². The van der Waals surface area contributed by atoms with Gasteiger partial charge in [0, 0.05) is 6.04 Å². The zero-order valence-electron chi connectivity index (χ0n) is 10.4. The van der Waals surface area contributed by atoms with Gasteiger partial charge in [0.25, 0.3) is 0 Å². The van der Waals surface area contributed by atoms with Crippen LogP contribution in [0.4, 0.5) is 4.39 Å². The summed E-state index contributed by atoms with van der Waals surface area (Å²) in [5, 5.41) is 6.94. The maximum Gasteiger partial charge on any atom is 0.123 e. The molecule has 1 saturated heterocycles. The molecule has 0 aliphatic carbocycles. The van der Waals surface area contributed by atoms with Crippen LogP contribution in [-0.4, -0.2) is 19.6 Å². The summed E-state index contributed by atoms with van der Waals surface area (Å²) in [6.07, 6.45) is 2.58. The highest BCUT2D eigenvalue weighted by Crippen LogP contribution is 2.15. The van der Waals surface area contributed by atoms with Crippen molar-refractivity contribution in [1.29, 1.82) is 0 Å². The molecule has 1 aromatic carbocycles. The lowest BCUT2D eigenvalue weighted by atomic mass is 9.99. The summed E-state index contributed by atoms with van der Waals surface area (Å²) in [6.45, 7) is 5.43. The van der Waals surface area contributed by atoms with Gasteiger partial charge in [-0.3, -0.25) is 0 Å². The van der Waals surface area contributed by atoms with Gasteiger partial charge in [-0.1, -0.05) is 12.1 Å². The van der Waals surface area contributed by atoms with E-state index in [1.165, 1.54) is 25.0 Å². The van der Waals surface area contributed by atoms with Gasteiger partial charge in [0.05, 0.1) is 0 Å². The van der Waals surface area contributed by atoms with Gasteiger partial charge in [0.15, 0.2) is 0 Å². The quantitative estimate of drug-likeness (QED) is 0.839. The second-order valence-corrected chi connectivity index (χ2v) is 4.89. The number of halogens is 1. The van der Waals surface area contributed by atoms with Gasteiger partial charge >= 0.3 is 0 Å². The molecule has 1 aliphatic heterocycles. The van der Waals surface area contributed by atoms with Crippen LogP contribution < -0.4 is 10.6 Å². The molecule has 2 N–H and O–H groups in total. The Hall–Kier alpha value is -0.930. The molecule has 0 amide bonds. The first-order chi connectivity index (χ1) is 8.25. The van der Waals surface area contributed by atoms with E-state index in [1.807, 2.05) is 12.1 Å². The zero-order valence-corrected chi connectivity index (χ0v) is 10.4. The standard InChI is InChI=1S/C14H21FN2/c1-11(13-4-6-14(15)7-5-13)17-10-12-3-2-8-16-9-12/h4-7,11-12,16-17H,2-3,8-10H2,1H3/t11-,12+/m1/s1. The third-order valence-corrected chi connectivity index (χ3v) is 3.48. The van der Waals surface area contributed by atoms with Crippen LogP contribution in [0.15, 0.2) is 24.3 Å². The Balaban J connectivity index is 1.80. The SMILES string of the molecule is C[C@@H](NC[C@H]1CCCNC1)c1ccc(F)cc1. The van der Waals surface area contributed by atoms with E-state index in [4.69, 9.17) is 0 Å². The first kappa shape index (κ1) is 12.5.